The van der Waals surface area contributed by atoms with E-state index in [-0.39, 0.29) is 0 Å². The number of rotatable bonds is 6. The maximum Gasteiger partial charge on any atom is 0.222 e. The first-order valence-corrected chi connectivity index (χ1v) is 7.97. The molecule has 0 saturated carbocycles. The van der Waals surface area contributed by atoms with Crippen LogP contribution in [0, 0.1) is 11.8 Å². The van der Waals surface area contributed by atoms with Gasteiger partial charge in [-0.15, -0.1) is 0 Å². The number of benzene rings is 2. The molecular weight excluding hydrogens is 310 g/mol. The molecule has 2 aromatic carbocycles. The summed E-state index contributed by atoms with van der Waals surface area (Å²) in [5.41, 5.74) is 2.76. The maximum absolute atomic E-state index is 5.91. The third-order valence-corrected chi connectivity index (χ3v) is 3.26. The molecular formula is C19H20ClNO2. The minimum absolute atomic E-state index is 0.506. The normalized spacial score (nSPS) is 10.3. The Morgan fingerprint density at radius 3 is 2.30 bits per heavy atom. The number of anilines is 2. The number of halogens is 1. The Kier molecular flexibility index (Phi) is 6.96. The summed E-state index contributed by atoms with van der Waals surface area (Å²) in [5.74, 6) is 6.14. The van der Waals surface area contributed by atoms with Crippen LogP contribution >= 0.6 is 11.6 Å². The number of ether oxygens (including phenoxy) is 2. The van der Waals surface area contributed by atoms with Gasteiger partial charge in [-0.05, 0) is 56.2 Å². The van der Waals surface area contributed by atoms with Crippen LogP contribution in [-0.4, -0.2) is 19.5 Å². The second-order valence-electron chi connectivity index (χ2n) is 4.69. The van der Waals surface area contributed by atoms with Gasteiger partial charge in [-0.1, -0.05) is 29.7 Å². The summed E-state index contributed by atoms with van der Waals surface area (Å²) in [4.78, 5) is 0. The van der Waals surface area contributed by atoms with E-state index in [0.29, 0.717) is 18.2 Å². The Balaban J connectivity index is 2.18. The standard InChI is InChI=1S/C19H20ClNO2/c1-3-22-19(23-4-2)14-9-15-7-5-6-8-18(15)21-17-12-10-16(20)11-13-17/h5-8,10-13,19,21H,3-4H2,1-2H3. The van der Waals surface area contributed by atoms with Crippen LogP contribution in [0.1, 0.15) is 19.4 Å². The Bertz CT molecular complexity index is 668. The van der Waals surface area contributed by atoms with Crippen LogP contribution < -0.4 is 5.32 Å². The van der Waals surface area contributed by atoms with E-state index in [4.69, 9.17) is 21.1 Å². The minimum atomic E-state index is -0.506. The van der Waals surface area contributed by atoms with E-state index in [1.165, 1.54) is 0 Å². The van der Waals surface area contributed by atoms with Gasteiger partial charge in [0.05, 0.1) is 5.69 Å². The van der Waals surface area contributed by atoms with Crippen molar-refractivity contribution >= 4 is 23.0 Å². The predicted molar refractivity (Wildman–Crippen MR) is 95.1 cm³/mol. The van der Waals surface area contributed by atoms with Crippen molar-refractivity contribution in [1.29, 1.82) is 0 Å². The highest BCUT2D eigenvalue weighted by Gasteiger charge is 2.04. The quantitative estimate of drug-likeness (QED) is 0.608. The summed E-state index contributed by atoms with van der Waals surface area (Å²) >= 11 is 5.91. The third kappa shape index (κ3) is 5.61. The maximum atomic E-state index is 5.91. The van der Waals surface area contributed by atoms with Crippen molar-refractivity contribution in [2.24, 2.45) is 0 Å². The highest BCUT2D eigenvalue weighted by molar-refractivity contribution is 6.30. The molecule has 2 aromatic rings. The SMILES string of the molecule is CCOC(C#Cc1ccccc1Nc1ccc(Cl)cc1)OCC. The van der Waals surface area contributed by atoms with Crippen LogP contribution in [0.25, 0.3) is 0 Å². The fourth-order valence-electron chi connectivity index (χ4n) is 1.96. The second kappa shape index (κ2) is 9.22. The molecule has 0 saturated heterocycles. The van der Waals surface area contributed by atoms with Crippen molar-refractivity contribution in [3.05, 3.63) is 59.1 Å². The van der Waals surface area contributed by atoms with E-state index < -0.39 is 6.29 Å². The van der Waals surface area contributed by atoms with Crippen molar-refractivity contribution in [2.45, 2.75) is 20.1 Å². The van der Waals surface area contributed by atoms with Gasteiger partial charge < -0.3 is 14.8 Å². The summed E-state index contributed by atoms with van der Waals surface area (Å²) in [5, 5.41) is 4.05. The van der Waals surface area contributed by atoms with Crippen LogP contribution in [0.3, 0.4) is 0 Å². The smallest absolute Gasteiger partial charge is 0.222 e. The first-order chi connectivity index (χ1) is 11.2. The molecule has 0 atom stereocenters. The number of para-hydroxylation sites is 1. The highest BCUT2D eigenvalue weighted by Crippen LogP contribution is 2.21. The molecule has 0 heterocycles. The zero-order valence-corrected chi connectivity index (χ0v) is 14.1. The molecule has 2 rings (SSSR count). The number of hydrogen-bond acceptors (Lipinski definition) is 3. The van der Waals surface area contributed by atoms with E-state index in [2.05, 4.69) is 17.2 Å². The van der Waals surface area contributed by atoms with E-state index in [1.54, 1.807) is 0 Å². The summed E-state index contributed by atoms with van der Waals surface area (Å²) in [7, 11) is 0. The Labute approximate surface area is 142 Å². The summed E-state index contributed by atoms with van der Waals surface area (Å²) in [6, 6.07) is 15.4. The van der Waals surface area contributed by atoms with E-state index in [0.717, 1.165) is 16.9 Å². The van der Waals surface area contributed by atoms with Crippen molar-refractivity contribution in [2.75, 3.05) is 18.5 Å². The molecule has 3 nitrogen and oxygen atoms in total. The molecule has 0 radical (unpaired) electrons. The van der Waals surface area contributed by atoms with Crippen LogP contribution in [0.4, 0.5) is 11.4 Å². The van der Waals surface area contributed by atoms with Crippen molar-refractivity contribution < 1.29 is 9.47 Å². The summed E-state index contributed by atoms with van der Waals surface area (Å²) < 4.78 is 10.9. The van der Waals surface area contributed by atoms with Crippen LogP contribution in [-0.2, 0) is 9.47 Å². The fourth-order valence-corrected chi connectivity index (χ4v) is 2.09. The lowest BCUT2D eigenvalue weighted by atomic mass is 10.1. The molecule has 120 valence electrons. The molecule has 0 bridgehead atoms. The Hall–Kier alpha value is -1.99. The molecule has 0 unspecified atom stereocenters. The minimum Gasteiger partial charge on any atom is -0.355 e. The Morgan fingerprint density at radius 2 is 1.65 bits per heavy atom. The second-order valence-corrected chi connectivity index (χ2v) is 5.13. The summed E-state index contributed by atoms with van der Waals surface area (Å²) in [6.07, 6.45) is -0.506. The monoisotopic (exact) mass is 329 g/mol. The van der Waals surface area contributed by atoms with Crippen LogP contribution in [0.5, 0.6) is 0 Å². The lowest BCUT2D eigenvalue weighted by molar-refractivity contribution is -0.0969. The van der Waals surface area contributed by atoms with Crippen LogP contribution in [0.2, 0.25) is 5.02 Å². The molecule has 4 heteroatoms. The van der Waals surface area contributed by atoms with Gasteiger partial charge in [-0.2, -0.15) is 0 Å². The number of hydrogen-bond donors (Lipinski definition) is 1. The summed E-state index contributed by atoms with van der Waals surface area (Å²) in [6.45, 7) is 4.96. The molecule has 0 aliphatic heterocycles. The fraction of sp³-hybridized carbons (Fsp3) is 0.263. The molecule has 1 N–H and O–H groups in total. The van der Waals surface area contributed by atoms with Gasteiger partial charge >= 0.3 is 0 Å². The molecule has 0 amide bonds. The van der Waals surface area contributed by atoms with Crippen LogP contribution in [0.15, 0.2) is 48.5 Å². The molecule has 0 aromatic heterocycles. The van der Waals surface area contributed by atoms with Gasteiger partial charge in [0.1, 0.15) is 0 Å². The largest absolute Gasteiger partial charge is 0.355 e. The average molecular weight is 330 g/mol. The highest BCUT2D eigenvalue weighted by atomic mass is 35.5. The van der Waals surface area contributed by atoms with Gasteiger partial charge in [0, 0.05) is 29.5 Å². The van der Waals surface area contributed by atoms with Crippen molar-refractivity contribution in [3.63, 3.8) is 0 Å². The van der Waals surface area contributed by atoms with Gasteiger partial charge in [0.15, 0.2) is 0 Å². The lowest BCUT2D eigenvalue weighted by Gasteiger charge is -2.11. The zero-order chi connectivity index (χ0) is 16.5. The number of nitrogens with one attached hydrogen (secondary N) is 1. The van der Waals surface area contributed by atoms with Gasteiger partial charge in [0.2, 0.25) is 6.29 Å². The lowest BCUT2D eigenvalue weighted by Crippen LogP contribution is -2.14. The first-order valence-electron chi connectivity index (χ1n) is 7.59. The first kappa shape index (κ1) is 17.4. The molecule has 23 heavy (non-hydrogen) atoms. The van der Waals surface area contributed by atoms with Crippen molar-refractivity contribution in [1.82, 2.24) is 0 Å². The zero-order valence-electron chi connectivity index (χ0n) is 13.3. The van der Waals surface area contributed by atoms with Gasteiger partial charge in [-0.25, -0.2) is 0 Å². The van der Waals surface area contributed by atoms with E-state index in [9.17, 15) is 0 Å². The third-order valence-electron chi connectivity index (χ3n) is 3.01. The predicted octanol–water partition coefficient (Wildman–Crippen LogP) is 4.83. The molecule has 0 spiro atoms. The Morgan fingerprint density at radius 1 is 1.00 bits per heavy atom. The molecule has 0 aliphatic rings. The van der Waals surface area contributed by atoms with Gasteiger partial charge in [0.25, 0.3) is 0 Å². The van der Waals surface area contributed by atoms with E-state index >= 15 is 0 Å². The molecule has 0 fully saturated rings. The topological polar surface area (TPSA) is 30.5 Å². The molecule has 0 aliphatic carbocycles. The van der Waals surface area contributed by atoms with Crippen molar-refractivity contribution in [3.8, 4) is 11.8 Å². The van der Waals surface area contributed by atoms with Gasteiger partial charge in [-0.3, -0.25) is 0 Å². The van der Waals surface area contributed by atoms with E-state index in [1.807, 2.05) is 62.4 Å². The average Bonchev–Trinajstić information content (AvgIpc) is 2.56.